The van der Waals surface area contributed by atoms with Gasteiger partial charge in [0.1, 0.15) is 5.82 Å². The molecule has 0 bridgehead atoms. The zero-order chi connectivity index (χ0) is 17.0. The van der Waals surface area contributed by atoms with Crippen LogP contribution in [0.4, 0.5) is 4.39 Å². The monoisotopic (exact) mass is 356 g/mol. The summed E-state index contributed by atoms with van der Waals surface area (Å²) in [6.07, 6.45) is 0. The van der Waals surface area contributed by atoms with Crippen molar-refractivity contribution >= 4 is 27.3 Å². The fourth-order valence-electron chi connectivity index (χ4n) is 1.97. The normalized spacial score (nSPS) is 13.0. The van der Waals surface area contributed by atoms with Crippen molar-refractivity contribution in [2.75, 3.05) is 13.6 Å². The molecular weight excluding hydrogens is 339 g/mol. The van der Waals surface area contributed by atoms with Crippen LogP contribution >= 0.6 is 11.3 Å². The van der Waals surface area contributed by atoms with Gasteiger partial charge in [0.15, 0.2) is 0 Å². The zero-order valence-electron chi connectivity index (χ0n) is 12.7. The second-order valence-corrected chi connectivity index (χ2v) is 8.04. The number of benzene rings is 1. The number of amides is 1. The van der Waals surface area contributed by atoms with Gasteiger partial charge in [-0.3, -0.25) is 4.79 Å². The van der Waals surface area contributed by atoms with E-state index in [0.717, 1.165) is 21.3 Å². The molecule has 1 amide bonds. The first-order chi connectivity index (χ1) is 10.8. The molecule has 124 valence electrons. The van der Waals surface area contributed by atoms with Crippen molar-refractivity contribution in [2.45, 2.75) is 17.9 Å². The topological polar surface area (TPSA) is 66.5 Å². The van der Waals surface area contributed by atoms with Gasteiger partial charge < -0.3 is 5.32 Å². The van der Waals surface area contributed by atoms with Gasteiger partial charge in [-0.1, -0.05) is 6.07 Å². The van der Waals surface area contributed by atoms with E-state index in [2.05, 4.69) is 5.32 Å². The molecule has 1 N–H and O–H groups in total. The minimum Gasteiger partial charge on any atom is -0.348 e. The van der Waals surface area contributed by atoms with Crippen molar-refractivity contribution in [1.29, 1.82) is 0 Å². The maximum Gasteiger partial charge on any atom is 0.243 e. The minimum atomic E-state index is -3.83. The summed E-state index contributed by atoms with van der Waals surface area (Å²) in [5.74, 6) is -0.923. The Hall–Kier alpha value is -1.77. The summed E-state index contributed by atoms with van der Waals surface area (Å²) in [5, 5.41) is 4.66. The molecule has 2 aromatic rings. The summed E-state index contributed by atoms with van der Waals surface area (Å²) in [4.78, 5) is 13.0. The molecule has 1 atom stereocenters. The van der Waals surface area contributed by atoms with E-state index in [0.29, 0.717) is 0 Å². The molecule has 23 heavy (non-hydrogen) atoms. The number of rotatable bonds is 6. The summed E-state index contributed by atoms with van der Waals surface area (Å²) in [7, 11) is -2.52. The summed E-state index contributed by atoms with van der Waals surface area (Å²) in [6, 6.07) is 8.08. The van der Waals surface area contributed by atoms with Gasteiger partial charge in [-0.2, -0.15) is 4.31 Å². The van der Waals surface area contributed by atoms with Crippen molar-refractivity contribution in [2.24, 2.45) is 0 Å². The standard InChI is InChI=1S/C15H17FN2O3S2/c1-11(14-4-3-9-22-14)17-15(19)10-18(2)23(20,21)13-7-5-12(16)6-8-13/h3-9,11H,10H2,1-2H3,(H,17,19). The molecule has 0 fully saturated rings. The van der Waals surface area contributed by atoms with Crippen molar-refractivity contribution in [1.82, 2.24) is 9.62 Å². The van der Waals surface area contributed by atoms with Crippen LogP contribution in [0.25, 0.3) is 0 Å². The van der Waals surface area contributed by atoms with E-state index in [-0.39, 0.29) is 17.5 Å². The van der Waals surface area contributed by atoms with Gasteiger partial charge in [0.25, 0.3) is 0 Å². The number of carbonyl (C=O) groups excluding carboxylic acids is 1. The molecule has 2 rings (SSSR count). The van der Waals surface area contributed by atoms with Crippen LogP contribution in [0, 0.1) is 5.82 Å². The number of hydrogen-bond donors (Lipinski definition) is 1. The van der Waals surface area contributed by atoms with Gasteiger partial charge in [-0.25, -0.2) is 12.8 Å². The fourth-order valence-corrected chi connectivity index (χ4v) is 3.83. The van der Waals surface area contributed by atoms with Gasteiger partial charge in [-0.15, -0.1) is 11.3 Å². The number of likely N-dealkylation sites (N-methyl/N-ethyl adjacent to an activating group) is 1. The van der Waals surface area contributed by atoms with E-state index in [9.17, 15) is 17.6 Å². The van der Waals surface area contributed by atoms with Gasteiger partial charge >= 0.3 is 0 Å². The smallest absolute Gasteiger partial charge is 0.243 e. The third-order valence-electron chi connectivity index (χ3n) is 3.24. The number of hydrogen-bond acceptors (Lipinski definition) is 4. The number of sulfonamides is 1. The fraction of sp³-hybridized carbons (Fsp3) is 0.267. The Morgan fingerprint density at radius 3 is 2.52 bits per heavy atom. The maximum atomic E-state index is 12.9. The lowest BCUT2D eigenvalue weighted by atomic mass is 10.3. The Balaban J connectivity index is 2.01. The van der Waals surface area contributed by atoms with Crippen molar-refractivity contribution in [3.05, 3.63) is 52.5 Å². The Kier molecular flexibility index (Phi) is 5.51. The molecule has 0 saturated heterocycles. The van der Waals surface area contributed by atoms with Crippen molar-refractivity contribution in [3.63, 3.8) is 0 Å². The first kappa shape index (κ1) is 17.6. The average Bonchev–Trinajstić information content (AvgIpc) is 3.01. The minimum absolute atomic E-state index is 0.0551. The van der Waals surface area contributed by atoms with Gasteiger partial charge in [0, 0.05) is 11.9 Å². The second-order valence-electron chi connectivity index (χ2n) is 5.02. The second kappa shape index (κ2) is 7.20. The molecule has 8 heteroatoms. The van der Waals surface area contributed by atoms with E-state index < -0.39 is 21.7 Å². The van der Waals surface area contributed by atoms with Gasteiger partial charge in [0.2, 0.25) is 15.9 Å². The summed E-state index contributed by atoms with van der Waals surface area (Å²) in [6.45, 7) is 1.52. The molecule has 0 aliphatic rings. The molecule has 1 aromatic heterocycles. The number of nitrogens with one attached hydrogen (secondary N) is 1. The van der Waals surface area contributed by atoms with Crippen molar-refractivity contribution < 1.29 is 17.6 Å². The molecule has 1 heterocycles. The van der Waals surface area contributed by atoms with Crippen LogP contribution < -0.4 is 5.32 Å². The number of thiophene rings is 1. The molecule has 1 aromatic carbocycles. The van der Waals surface area contributed by atoms with Crippen LogP contribution in [0.3, 0.4) is 0 Å². The largest absolute Gasteiger partial charge is 0.348 e. The van der Waals surface area contributed by atoms with E-state index in [1.807, 2.05) is 24.4 Å². The highest BCUT2D eigenvalue weighted by Crippen LogP contribution is 2.18. The first-order valence-corrected chi connectivity index (χ1v) is 9.17. The third-order valence-corrected chi connectivity index (χ3v) is 6.11. The molecule has 5 nitrogen and oxygen atoms in total. The van der Waals surface area contributed by atoms with Gasteiger partial charge in [0.05, 0.1) is 17.5 Å². The molecule has 0 aliphatic heterocycles. The lowest BCUT2D eigenvalue weighted by Gasteiger charge is -2.18. The van der Waals surface area contributed by atoms with Crippen LogP contribution in [-0.2, 0) is 14.8 Å². The van der Waals surface area contributed by atoms with E-state index in [1.165, 1.54) is 30.5 Å². The Labute approximate surface area is 138 Å². The molecular formula is C15H17FN2O3S2. The lowest BCUT2D eigenvalue weighted by Crippen LogP contribution is -2.39. The number of halogens is 1. The third kappa shape index (κ3) is 4.37. The molecule has 0 saturated carbocycles. The van der Waals surface area contributed by atoms with Crippen LogP contribution in [-0.4, -0.2) is 32.2 Å². The van der Waals surface area contributed by atoms with E-state index in [4.69, 9.17) is 0 Å². The summed E-state index contributed by atoms with van der Waals surface area (Å²) in [5.41, 5.74) is 0. The van der Waals surface area contributed by atoms with E-state index in [1.54, 1.807) is 0 Å². The molecule has 0 spiro atoms. The van der Waals surface area contributed by atoms with Crippen LogP contribution in [0.2, 0.25) is 0 Å². The summed E-state index contributed by atoms with van der Waals surface area (Å²) >= 11 is 1.51. The quantitative estimate of drug-likeness (QED) is 0.864. The van der Waals surface area contributed by atoms with Crippen LogP contribution in [0.15, 0.2) is 46.7 Å². The van der Waals surface area contributed by atoms with Gasteiger partial charge in [-0.05, 0) is 42.6 Å². The predicted octanol–water partition coefficient (Wildman–Crippen LogP) is 2.39. The maximum absolute atomic E-state index is 12.9. The summed E-state index contributed by atoms with van der Waals surface area (Å²) < 4.78 is 38.5. The van der Waals surface area contributed by atoms with Crippen molar-refractivity contribution in [3.8, 4) is 0 Å². The number of nitrogens with zero attached hydrogens (tertiary/aromatic N) is 1. The SMILES string of the molecule is CC(NC(=O)CN(C)S(=O)(=O)c1ccc(F)cc1)c1cccs1. The Morgan fingerprint density at radius 1 is 1.30 bits per heavy atom. The van der Waals surface area contributed by atoms with Crippen LogP contribution in [0.1, 0.15) is 17.8 Å². The zero-order valence-corrected chi connectivity index (χ0v) is 14.3. The molecule has 1 unspecified atom stereocenters. The highest BCUT2D eigenvalue weighted by Gasteiger charge is 2.23. The molecule has 0 radical (unpaired) electrons. The Bertz CT molecular complexity index is 759. The highest BCUT2D eigenvalue weighted by molar-refractivity contribution is 7.89. The Morgan fingerprint density at radius 2 is 1.96 bits per heavy atom. The first-order valence-electron chi connectivity index (χ1n) is 6.85. The number of carbonyl (C=O) groups is 1. The highest BCUT2D eigenvalue weighted by atomic mass is 32.2. The lowest BCUT2D eigenvalue weighted by molar-refractivity contribution is -0.121. The van der Waals surface area contributed by atoms with E-state index >= 15 is 0 Å². The molecule has 0 aliphatic carbocycles. The predicted molar refractivity (Wildman–Crippen MR) is 87.1 cm³/mol. The average molecular weight is 356 g/mol. The van der Waals surface area contributed by atoms with Crippen LogP contribution in [0.5, 0.6) is 0 Å².